The van der Waals surface area contributed by atoms with Gasteiger partial charge in [0.1, 0.15) is 0 Å². The van der Waals surface area contributed by atoms with Crippen molar-refractivity contribution in [3.63, 3.8) is 0 Å². The minimum Gasteiger partial charge on any atom is -0.481 e. The second kappa shape index (κ2) is 4.42. The lowest BCUT2D eigenvalue weighted by Gasteiger charge is -2.40. The third-order valence-corrected chi connectivity index (χ3v) is 3.85. The number of aliphatic carboxylic acids is 1. The van der Waals surface area contributed by atoms with Crippen LogP contribution in [0, 0.1) is 11.3 Å². The molecular formula is C13H19NO2. The molecule has 0 aromatic rings. The van der Waals surface area contributed by atoms with Crippen LogP contribution in [0.1, 0.15) is 19.3 Å². The molecule has 1 N–H and O–H groups in total. The summed E-state index contributed by atoms with van der Waals surface area (Å²) in [5.74, 6) is -0.432. The van der Waals surface area contributed by atoms with Crippen molar-refractivity contribution in [1.82, 2.24) is 4.90 Å². The van der Waals surface area contributed by atoms with Crippen LogP contribution in [0.4, 0.5) is 0 Å². The molecule has 2 atom stereocenters. The van der Waals surface area contributed by atoms with Crippen molar-refractivity contribution in [2.75, 3.05) is 20.1 Å². The molecule has 0 spiro atoms. The summed E-state index contributed by atoms with van der Waals surface area (Å²) in [6.45, 7) is 1.98. The van der Waals surface area contributed by atoms with E-state index >= 15 is 0 Å². The van der Waals surface area contributed by atoms with Crippen molar-refractivity contribution in [3.05, 3.63) is 24.3 Å². The highest BCUT2D eigenvalue weighted by atomic mass is 16.4. The Labute approximate surface area is 96.4 Å². The largest absolute Gasteiger partial charge is 0.481 e. The summed E-state index contributed by atoms with van der Waals surface area (Å²) in [6.07, 6.45) is 10.4. The molecule has 88 valence electrons. The maximum Gasteiger partial charge on any atom is 0.314 e. The Kier molecular flexibility index (Phi) is 3.15. The van der Waals surface area contributed by atoms with Gasteiger partial charge >= 0.3 is 5.97 Å². The van der Waals surface area contributed by atoms with Crippen molar-refractivity contribution in [1.29, 1.82) is 0 Å². The van der Waals surface area contributed by atoms with E-state index in [2.05, 4.69) is 11.9 Å². The van der Waals surface area contributed by atoms with E-state index in [1.165, 1.54) is 0 Å². The summed E-state index contributed by atoms with van der Waals surface area (Å²) < 4.78 is 0. The maximum absolute atomic E-state index is 11.6. The zero-order chi connectivity index (χ0) is 11.6. The van der Waals surface area contributed by atoms with E-state index < -0.39 is 11.4 Å². The van der Waals surface area contributed by atoms with Crippen LogP contribution in [0.25, 0.3) is 0 Å². The van der Waals surface area contributed by atoms with E-state index in [9.17, 15) is 9.90 Å². The zero-order valence-corrected chi connectivity index (χ0v) is 9.72. The summed E-state index contributed by atoms with van der Waals surface area (Å²) >= 11 is 0. The molecule has 1 fully saturated rings. The molecule has 2 aliphatic rings. The molecule has 3 nitrogen and oxygen atoms in total. The molecule has 3 heteroatoms. The first-order valence-electron chi connectivity index (χ1n) is 5.91. The van der Waals surface area contributed by atoms with Gasteiger partial charge in [-0.3, -0.25) is 4.79 Å². The Balaban J connectivity index is 2.22. The minimum absolute atomic E-state index is 0.241. The van der Waals surface area contributed by atoms with Crippen molar-refractivity contribution in [2.45, 2.75) is 19.3 Å². The molecule has 0 amide bonds. The van der Waals surface area contributed by atoms with Gasteiger partial charge in [0.2, 0.25) is 0 Å². The van der Waals surface area contributed by atoms with Gasteiger partial charge in [-0.25, -0.2) is 0 Å². The van der Waals surface area contributed by atoms with Crippen LogP contribution in [0.15, 0.2) is 24.3 Å². The van der Waals surface area contributed by atoms with E-state index in [1.807, 2.05) is 24.3 Å². The number of hydrogen-bond donors (Lipinski definition) is 1. The standard InChI is InChI=1S/C13H19NO2/c1-14-9-5-6-11(10-14)13(12(15)16)7-3-2-4-8-13/h2-4,7,11H,5-6,8-10H2,1H3,(H,15,16). The van der Waals surface area contributed by atoms with Gasteiger partial charge in [-0.05, 0) is 38.8 Å². The van der Waals surface area contributed by atoms with E-state index in [0.29, 0.717) is 6.42 Å². The number of allylic oxidation sites excluding steroid dienone is 3. The number of carboxylic acid groups (broad SMARTS) is 1. The second-order valence-electron chi connectivity index (χ2n) is 4.94. The Morgan fingerprint density at radius 3 is 2.88 bits per heavy atom. The molecule has 16 heavy (non-hydrogen) atoms. The summed E-state index contributed by atoms with van der Waals surface area (Å²) in [7, 11) is 2.07. The van der Waals surface area contributed by atoms with Crippen LogP contribution in [0.5, 0.6) is 0 Å². The molecule has 0 aromatic heterocycles. The Morgan fingerprint density at radius 1 is 1.50 bits per heavy atom. The van der Waals surface area contributed by atoms with E-state index in [-0.39, 0.29) is 5.92 Å². The summed E-state index contributed by atoms with van der Waals surface area (Å²) in [4.78, 5) is 13.8. The van der Waals surface area contributed by atoms with Gasteiger partial charge in [-0.2, -0.15) is 0 Å². The highest BCUT2D eigenvalue weighted by Gasteiger charge is 2.44. The quantitative estimate of drug-likeness (QED) is 0.774. The van der Waals surface area contributed by atoms with Gasteiger partial charge in [-0.15, -0.1) is 0 Å². The number of likely N-dealkylation sites (tertiary alicyclic amines) is 1. The Morgan fingerprint density at radius 2 is 2.31 bits per heavy atom. The number of piperidine rings is 1. The highest BCUT2D eigenvalue weighted by molar-refractivity contribution is 5.78. The summed E-state index contributed by atoms with van der Waals surface area (Å²) in [5, 5.41) is 9.52. The zero-order valence-electron chi connectivity index (χ0n) is 9.72. The lowest BCUT2D eigenvalue weighted by molar-refractivity contribution is -0.150. The molecule has 2 unspecified atom stereocenters. The topological polar surface area (TPSA) is 40.5 Å². The maximum atomic E-state index is 11.6. The molecule has 0 bridgehead atoms. The highest BCUT2D eigenvalue weighted by Crippen LogP contribution is 2.40. The molecule has 0 aromatic carbocycles. The lowest BCUT2D eigenvalue weighted by atomic mass is 9.68. The number of hydrogen-bond acceptors (Lipinski definition) is 2. The first-order valence-corrected chi connectivity index (χ1v) is 5.91. The molecule has 0 radical (unpaired) electrons. The predicted octanol–water partition coefficient (Wildman–Crippen LogP) is 1.92. The normalized spacial score (nSPS) is 35.2. The number of carboxylic acids is 1. The van der Waals surface area contributed by atoms with Crippen molar-refractivity contribution < 1.29 is 9.90 Å². The second-order valence-corrected chi connectivity index (χ2v) is 4.94. The van der Waals surface area contributed by atoms with Gasteiger partial charge in [0.05, 0.1) is 5.41 Å². The molecular weight excluding hydrogens is 202 g/mol. The average Bonchev–Trinajstić information content (AvgIpc) is 2.30. The average molecular weight is 221 g/mol. The van der Waals surface area contributed by atoms with Gasteiger partial charge in [-0.1, -0.05) is 24.3 Å². The SMILES string of the molecule is CN1CCCC(C2(C(=O)O)C=CC=CC2)C1. The van der Waals surface area contributed by atoms with E-state index in [1.54, 1.807) is 0 Å². The third-order valence-electron chi connectivity index (χ3n) is 3.85. The molecule has 2 rings (SSSR count). The Hall–Kier alpha value is -1.09. The molecule has 1 saturated heterocycles. The van der Waals surface area contributed by atoms with Crippen molar-refractivity contribution >= 4 is 5.97 Å². The van der Waals surface area contributed by atoms with Gasteiger partial charge in [0.15, 0.2) is 0 Å². The van der Waals surface area contributed by atoms with Crippen LogP contribution in [-0.2, 0) is 4.79 Å². The van der Waals surface area contributed by atoms with Crippen LogP contribution in [0.2, 0.25) is 0 Å². The van der Waals surface area contributed by atoms with Gasteiger partial charge < -0.3 is 10.0 Å². The van der Waals surface area contributed by atoms with Crippen molar-refractivity contribution in [2.24, 2.45) is 11.3 Å². The number of rotatable bonds is 2. The Bertz CT molecular complexity index is 335. The van der Waals surface area contributed by atoms with Crippen LogP contribution < -0.4 is 0 Å². The smallest absolute Gasteiger partial charge is 0.314 e. The first kappa shape index (κ1) is 11.4. The van der Waals surface area contributed by atoms with E-state index in [0.717, 1.165) is 25.9 Å². The van der Waals surface area contributed by atoms with Gasteiger partial charge in [0, 0.05) is 6.54 Å². The van der Waals surface area contributed by atoms with Crippen molar-refractivity contribution in [3.8, 4) is 0 Å². The molecule has 1 heterocycles. The van der Waals surface area contributed by atoms with Crippen LogP contribution >= 0.6 is 0 Å². The summed E-state index contributed by atoms with van der Waals surface area (Å²) in [5.41, 5.74) is -0.663. The lowest BCUT2D eigenvalue weighted by Crippen LogP contribution is -2.45. The molecule has 1 aliphatic heterocycles. The minimum atomic E-state index is -0.673. The number of nitrogens with zero attached hydrogens (tertiary/aromatic N) is 1. The third kappa shape index (κ3) is 1.92. The molecule has 1 aliphatic carbocycles. The summed E-state index contributed by atoms with van der Waals surface area (Å²) in [6, 6.07) is 0. The van der Waals surface area contributed by atoms with Crippen LogP contribution in [0.3, 0.4) is 0 Å². The predicted molar refractivity (Wildman–Crippen MR) is 63.2 cm³/mol. The molecule has 0 saturated carbocycles. The van der Waals surface area contributed by atoms with Gasteiger partial charge in [0.25, 0.3) is 0 Å². The first-order chi connectivity index (χ1) is 7.65. The van der Waals surface area contributed by atoms with E-state index in [4.69, 9.17) is 0 Å². The monoisotopic (exact) mass is 221 g/mol. The fourth-order valence-corrected chi connectivity index (χ4v) is 2.86. The fraction of sp³-hybridized carbons (Fsp3) is 0.615. The fourth-order valence-electron chi connectivity index (χ4n) is 2.86. The number of carbonyl (C=O) groups is 1. The van der Waals surface area contributed by atoms with Crippen LogP contribution in [-0.4, -0.2) is 36.1 Å².